The maximum absolute atomic E-state index is 11.7. The van der Waals surface area contributed by atoms with Crippen molar-refractivity contribution in [2.24, 2.45) is 0 Å². The second-order valence-electron chi connectivity index (χ2n) is 7.40. The fraction of sp³-hybridized carbons (Fsp3) is 0.550. The molecule has 1 aromatic rings. The molecule has 0 heterocycles. The number of aryl methyl sites for hydroxylation is 2. The number of aromatic carboxylic acids is 1. The Kier molecular flexibility index (Phi) is 6.24. The molecule has 0 bridgehead atoms. The van der Waals surface area contributed by atoms with Crippen molar-refractivity contribution < 1.29 is 9.90 Å². The summed E-state index contributed by atoms with van der Waals surface area (Å²) in [6.07, 6.45) is 0. The first-order chi connectivity index (χ1) is 10.6. The molecule has 3 heteroatoms. The molecule has 0 radical (unpaired) electrons. The summed E-state index contributed by atoms with van der Waals surface area (Å²) in [5.41, 5.74) is 8.01. The lowest BCUT2D eigenvalue weighted by molar-refractivity contribution is 0.0695. The van der Waals surface area contributed by atoms with Gasteiger partial charge >= 0.3 is 5.97 Å². The number of benzene rings is 1. The second-order valence-corrected chi connectivity index (χ2v) is 13.0. The van der Waals surface area contributed by atoms with Crippen LogP contribution in [0.5, 0.6) is 0 Å². The van der Waals surface area contributed by atoms with E-state index in [0.29, 0.717) is 27.8 Å². The molecule has 126 valence electrons. The number of hydrogen-bond acceptors (Lipinski definition) is 1. The number of rotatable bonds is 4. The van der Waals surface area contributed by atoms with Gasteiger partial charge in [-0.1, -0.05) is 59.6 Å². The van der Waals surface area contributed by atoms with E-state index in [1.54, 1.807) is 0 Å². The molecule has 0 fully saturated rings. The molecule has 1 aromatic carbocycles. The molecular formula is C20H30O2Si. The highest BCUT2D eigenvalue weighted by Crippen LogP contribution is 2.40. The van der Waals surface area contributed by atoms with Crippen LogP contribution in [0.3, 0.4) is 0 Å². The third-order valence-corrected chi connectivity index (χ3v) is 11.4. The minimum atomic E-state index is -1.86. The number of carboxylic acids is 1. The zero-order valence-corrected chi connectivity index (χ0v) is 16.7. The topological polar surface area (TPSA) is 37.3 Å². The van der Waals surface area contributed by atoms with Crippen molar-refractivity contribution >= 4 is 14.0 Å². The zero-order valence-electron chi connectivity index (χ0n) is 15.7. The predicted octanol–water partition coefficient (Wildman–Crippen LogP) is 5.57. The molecule has 1 rings (SSSR count). The van der Waals surface area contributed by atoms with Crippen LogP contribution in [-0.4, -0.2) is 19.1 Å². The first-order valence-electron chi connectivity index (χ1n) is 8.42. The van der Waals surface area contributed by atoms with E-state index < -0.39 is 14.0 Å². The van der Waals surface area contributed by atoms with Crippen molar-refractivity contribution in [3.05, 3.63) is 34.4 Å². The van der Waals surface area contributed by atoms with Crippen molar-refractivity contribution in [3.8, 4) is 11.5 Å². The summed E-state index contributed by atoms with van der Waals surface area (Å²) in [4.78, 5) is 11.7. The average Bonchev–Trinajstić information content (AvgIpc) is 2.41. The van der Waals surface area contributed by atoms with Crippen molar-refractivity contribution in [3.63, 3.8) is 0 Å². The molecule has 0 saturated carbocycles. The van der Waals surface area contributed by atoms with E-state index in [9.17, 15) is 9.90 Å². The van der Waals surface area contributed by atoms with Gasteiger partial charge < -0.3 is 5.11 Å². The van der Waals surface area contributed by atoms with Gasteiger partial charge in [0.1, 0.15) is 8.07 Å². The number of carboxylic acid groups (broad SMARTS) is 1. The van der Waals surface area contributed by atoms with Gasteiger partial charge in [-0.15, -0.1) is 5.54 Å². The van der Waals surface area contributed by atoms with Gasteiger partial charge in [0.25, 0.3) is 0 Å². The molecule has 0 aromatic heterocycles. The summed E-state index contributed by atoms with van der Waals surface area (Å²) in [5.74, 6) is 2.43. The Morgan fingerprint density at radius 3 is 1.78 bits per heavy atom. The van der Waals surface area contributed by atoms with Crippen LogP contribution in [0.15, 0.2) is 12.1 Å². The Bertz CT molecular complexity index is 624. The Labute approximate surface area is 142 Å². The average molecular weight is 331 g/mol. The van der Waals surface area contributed by atoms with E-state index >= 15 is 0 Å². The van der Waals surface area contributed by atoms with Gasteiger partial charge in [0.2, 0.25) is 0 Å². The highest BCUT2D eigenvalue weighted by molar-refractivity contribution is 6.90. The number of carbonyl (C=O) groups is 1. The van der Waals surface area contributed by atoms with Crippen molar-refractivity contribution in [2.75, 3.05) is 0 Å². The van der Waals surface area contributed by atoms with E-state index in [4.69, 9.17) is 0 Å². The standard InChI is InChI=1S/C20H30O2Si/c1-13(2)23(14(3)4,15(5)6)12-11-18-16(7)9-10-17(8)19(18)20(21)22/h9-10,13-15H,1-8H3,(H,21,22). The van der Waals surface area contributed by atoms with Gasteiger partial charge in [-0.05, 0) is 41.6 Å². The molecule has 2 nitrogen and oxygen atoms in total. The molecule has 23 heavy (non-hydrogen) atoms. The van der Waals surface area contributed by atoms with Crippen molar-refractivity contribution in [1.29, 1.82) is 0 Å². The van der Waals surface area contributed by atoms with Gasteiger partial charge in [0.15, 0.2) is 0 Å². The van der Waals surface area contributed by atoms with E-state index in [0.717, 1.165) is 11.1 Å². The quantitative estimate of drug-likeness (QED) is 0.578. The first-order valence-corrected chi connectivity index (χ1v) is 10.7. The Morgan fingerprint density at radius 2 is 1.39 bits per heavy atom. The molecular weight excluding hydrogens is 300 g/mol. The monoisotopic (exact) mass is 330 g/mol. The maximum Gasteiger partial charge on any atom is 0.337 e. The summed E-state index contributed by atoms with van der Waals surface area (Å²) in [6.45, 7) is 17.4. The second kappa shape index (κ2) is 7.36. The van der Waals surface area contributed by atoms with Gasteiger partial charge in [0, 0.05) is 5.56 Å². The SMILES string of the molecule is Cc1ccc(C)c(C(=O)O)c1C#C[Si](C(C)C)(C(C)C)C(C)C. The van der Waals surface area contributed by atoms with E-state index in [2.05, 4.69) is 53.0 Å². The minimum absolute atomic E-state index is 0.358. The summed E-state index contributed by atoms with van der Waals surface area (Å²) < 4.78 is 0. The molecule has 0 aliphatic carbocycles. The van der Waals surface area contributed by atoms with Crippen LogP contribution in [0.2, 0.25) is 16.6 Å². The normalized spacial score (nSPS) is 11.8. The highest BCUT2D eigenvalue weighted by atomic mass is 28.3. The summed E-state index contributed by atoms with van der Waals surface area (Å²) in [6, 6.07) is 3.83. The lowest BCUT2D eigenvalue weighted by Crippen LogP contribution is -2.43. The lowest BCUT2D eigenvalue weighted by Gasteiger charge is -2.38. The summed E-state index contributed by atoms with van der Waals surface area (Å²) in [5, 5.41) is 9.57. The molecule has 1 N–H and O–H groups in total. The summed E-state index contributed by atoms with van der Waals surface area (Å²) >= 11 is 0. The van der Waals surface area contributed by atoms with Crippen LogP contribution in [-0.2, 0) is 0 Å². The van der Waals surface area contributed by atoms with E-state index in [1.807, 2.05) is 26.0 Å². The van der Waals surface area contributed by atoms with Crippen molar-refractivity contribution in [1.82, 2.24) is 0 Å². The predicted molar refractivity (Wildman–Crippen MR) is 101 cm³/mol. The van der Waals surface area contributed by atoms with Crippen LogP contribution in [0.4, 0.5) is 0 Å². The molecule has 0 aliphatic heterocycles. The molecule has 0 atom stereocenters. The van der Waals surface area contributed by atoms with Crippen molar-refractivity contribution in [2.45, 2.75) is 72.0 Å². The third-order valence-electron chi connectivity index (χ3n) is 5.11. The molecule has 0 amide bonds. The van der Waals surface area contributed by atoms with Crippen LogP contribution in [0, 0.1) is 25.3 Å². The Morgan fingerprint density at radius 1 is 0.957 bits per heavy atom. The lowest BCUT2D eigenvalue weighted by atomic mass is 9.98. The third kappa shape index (κ3) is 3.69. The minimum Gasteiger partial charge on any atom is -0.478 e. The Balaban J connectivity index is 3.62. The van der Waals surface area contributed by atoms with Crippen LogP contribution in [0.1, 0.15) is 68.6 Å². The van der Waals surface area contributed by atoms with Crippen LogP contribution in [0.25, 0.3) is 0 Å². The largest absolute Gasteiger partial charge is 0.478 e. The zero-order chi connectivity index (χ0) is 17.9. The van der Waals surface area contributed by atoms with Gasteiger partial charge in [-0.2, -0.15) is 0 Å². The van der Waals surface area contributed by atoms with Gasteiger partial charge in [-0.25, -0.2) is 4.79 Å². The maximum atomic E-state index is 11.7. The van der Waals surface area contributed by atoms with E-state index in [1.165, 1.54) is 0 Å². The molecule has 0 unspecified atom stereocenters. The highest BCUT2D eigenvalue weighted by Gasteiger charge is 2.41. The first kappa shape index (κ1) is 19.5. The van der Waals surface area contributed by atoms with Crippen LogP contribution >= 0.6 is 0 Å². The molecule has 0 spiro atoms. The van der Waals surface area contributed by atoms with Gasteiger partial charge in [-0.3, -0.25) is 0 Å². The Hall–Kier alpha value is -1.53. The number of hydrogen-bond donors (Lipinski definition) is 1. The fourth-order valence-electron chi connectivity index (χ4n) is 3.85. The smallest absolute Gasteiger partial charge is 0.337 e. The summed E-state index contributed by atoms with van der Waals surface area (Å²) in [7, 11) is -1.86. The van der Waals surface area contributed by atoms with Crippen LogP contribution < -0.4 is 0 Å². The van der Waals surface area contributed by atoms with E-state index in [-0.39, 0.29) is 0 Å². The molecule has 0 aliphatic rings. The molecule has 0 saturated heterocycles. The fourth-order valence-corrected chi connectivity index (χ4v) is 9.06. The van der Waals surface area contributed by atoms with Gasteiger partial charge in [0.05, 0.1) is 5.56 Å².